The van der Waals surface area contributed by atoms with Gasteiger partial charge in [0, 0.05) is 37.9 Å². The summed E-state index contributed by atoms with van der Waals surface area (Å²) in [5, 5.41) is 4.70. The van der Waals surface area contributed by atoms with Crippen LogP contribution >= 0.6 is 0 Å². The van der Waals surface area contributed by atoms with Gasteiger partial charge in [0.05, 0.1) is 0 Å². The van der Waals surface area contributed by atoms with Crippen molar-refractivity contribution in [3.63, 3.8) is 0 Å². The van der Waals surface area contributed by atoms with Crippen molar-refractivity contribution < 1.29 is 0 Å². The molecule has 3 rings (SSSR count). The highest BCUT2D eigenvalue weighted by atomic mass is 15.3. The van der Waals surface area contributed by atoms with Crippen molar-refractivity contribution in [2.75, 3.05) is 20.1 Å². The average Bonchev–Trinajstić information content (AvgIpc) is 2.77. The van der Waals surface area contributed by atoms with Gasteiger partial charge in [0.25, 0.3) is 0 Å². The van der Waals surface area contributed by atoms with E-state index in [2.05, 4.69) is 58.4 Å². The van der Waals surface area contributed by atoms with Gasteiger partial charge in [0.2, 0.25) is 0 Å². The van der Waals surface area contributed by atoms with E-state index < -0.39 is 0 Å². The van der Waals surface area contributed by atoms with Gasteiger partial charge in [0.15, 0.2) is 5.96 Å². The number of hydrogen-bond donors (Lipinski definition) is 2. The lowest BCUT2D eigenvalue weighted by molar-refractivity contribution is 0.446. The van der Waals surface area contributed by atoms with Gasteiger partial charge in [-0.2, -0.15) is 0 Å². The molecule has 2 aromatic rings. The molecular weight excluding hydrogens is 236 g/mol. The molecular formula is C15H20N4. The maximum absolute atomic E-state index is 4.52. The number of aromatic nitrogens is 1. The number of nitrogens with zero attached hydrogens (tertiary/aromatic N) is 2. The number of guanidine groups is 1. The monoisotopic (exact) mass is 256 g/mol. The summed E-state index contributed by atoms with van der Waals surface area (Å²) in [6.45, 7) is 4.93. The molecule has 4 nitrogen and oxygen atoms in total. The summed E-state index contributed by atoms with van der Waals surface area (Å²) in [6.07, 6.45) is 1.15. The zero-order valence-corrected chi connectivity index (χ0v) is 11.5. The third kappa shape index (κ3) is 2.57. The van der Waals surface area contributed by atoms with Crippen molar-refractivity contribution in [1.29, 1.82) is 0 Å². The molecule has 0 saturated carbocycles. The number of hydrogen-bond acceptors (Lipinski definition) is 3. The van der Waals surface area contributed by atoms with Gasteiger partial charge in [-0.3, -0.25) is 4.99 Å². The fourth-order valence-corrected chi connectivity index (χ4v) is 2.53. The van der Waals surface area contributed by atoms with Gasteiger partial charge in [-0.1, -0.05) is 6.07 Å². The summed E-state index contributed by atoms with van der Waals surface area (Å²) < 4.78 is 0. The van der Waals surface area contributed by atoms with Crippen LogP contribution in [0.15, 0.2) is 29.3 Å². The van der Waals surface area contributed by atoms with Gasteiger partial charge < -0.3 is 15.2 Å². The molecule has 0 saturated heterocycles. The van der Waals surface area contributed by atoms with Crippen molar-refractivity contribution in [3.05, 3.63) is 35.5 Å². The van der Waals surface area contributed by atoms with Crippen molar-refractivity contribution >= 4 is 16.9 Å². The maximum atomic E-state index is 4.52. The second-order valence-electron chi connectivity index (χ2n) is 5.21. The molecule has 100 valence electrons. The second kappa shape index (κ2) is 4.96. The summed E-state index contributed by atoms with van der Waals surface area (Å²) >= 11 is 0. The number of aryl methyl sites for hydroxylation is 1. The van der Waals surface area contributed by atoms with E-state index in [0.717, 1.165) is 32.0 Å². The van der Waals surface area contributed by atoms with Crippen LogP contribution in [-0.2, 0) is 6.54 Å². The number of aliphatic imine (C=N–C) groups is 1. The molecule has 0 radical (unpaired) electrons. The van der Waals surface area contributed by atoms with E-state index in [1.54, 1.807) is 0 Å². The number of nitrogens with one attached hydrogen (secondary N) is 2. The average molecular weight is 256 g/mol. The van der Waals surface area contributed by atoms with E-state index in [9.17, 15) is 0 Å². The van der Waals surface area contributed by atoms with Gasteiger partial charge in [-0.05, 0) is 42.5 Å². The van der Waals surface area contributed by atoms with Crippen LogP contribution in [0.3, 0.4) is 0 Å². The molecule has 0 bridgehead atoms. The van der Waals surface area contributed by atoms with Crippen LogP contribution in [-0.4, -0.2) is 36.0 Å². The number of H-pyrrole nitrogens is 1. The Labute approximate surface area is 113 Å². The number of benzene rings is 1. The first-order chi connectivity index (χ1) is 9.22. The highest BCUT2D eigenvalue weighted by molar-refractivity contribution is 5.82. The Balaban J connectivity index is 1.72. The highest BCUT2D eigenvalue weighted by Crippen LogP contribution is 2.16. The zero-order valence-electron chi connectivity index (χ0n) is 11.5. The minimum atomic E-state index is 0.823. The lowest BCUT2D eigenvalue weighted by atomic mass is 10.1. The van der Waals surface area contributed by atoms with Crippen LogP contribution in [0.25, 0.3) is 10.9 Å². The molecule has 4 heteroatoms. The van der Waals surface area contributed by atoms with E-state index in [0.29, 0.717) is 0 Å². The SMILES string of the molecule is Cc1cc2cc(CNC3=NCCCN3C)ccc2[nH]1. The summed E-state index contributed by atoms with van der Waals surface area (Å²) in [5.74, 6) is 1.01. The fourth-order valence-electron chi connectivity index (χ4n) is 2.53. The smallest absolute Gasteiger partial charge is 0.193 e. The highest BCUT2D eigenvalue weighted by Gasteiger charge is 2.10. The minimum absolute atomic E-state index is 0.823. The van der Waals surface area contributed by atoms with Gasteiger partial charge in [-0.25, -0.2) is 0 Å². The van der Waals surface area contributed by atoms with Gasteiger partial charge in [0.1, 0.15) is 0 Å². The molecule has 0 spiro atoms. The molecule has 1 aliphatic rings. The Morgan fingerprint density at radius 1 is 1.37 bits per heavy atom. The lowest BCUT2D eigenvalue weighted by Gasteiger charge is -2.25. The van der Waals surface area contributed by atoms with Gasteiger partial charge >= 0.3 is 0 Å². The molecule has 0 unspecified atom stereocenters. The van der Waals surface area contributed by atoms with Crippen molar-refractivity contribution in [1.82, 2.24) is 15.2 Å². The maximum Gasteiger partial charge on any atom is 0.193 e. The second-order valence-corrected chi connectivity index (χ2v) is 5.21. The van der Waals surface area contributed by atoms with Crippen molar-refractivity contribution in [3.8, 4) is 0 Å². The summed E-state index contributed by atoms with van der Waals surface area (Å²) in [4.78, 5) is 10.0. The molecule has 1 aromatic heterocycles. The molecule has 1 aromatic carbocycles. The van der Waals surface area contributed by atoms with Crippen LogP contribution in [0.4, 0.5) is 0 Å². The minimum Gasteiger partial charge on any atom is -0.359 e. The largest absolute Gasteiger partial charge is 0.359 e. The Kier molecular flexibility index (Phi) is 3.15. The first-order valence-electron chi connectivity index (χ1n) is 6.80. The standard InChI is InChI=1S/C15H20N4/c1-11-8-13-9-12(4-5-14(13)18-11)10-17-15-16-6-3-7-19(15)2/h4-5,8-9,18H,3,6-7,10H2,1-2H3,(H,16,17). The van der Waals surface area contributed by atoms with Crippen LogP contribution < -0.4 is 5.32 Å². The third-order valence-corrected chi connectivity index (χ3v) is 3.55. The molecule has 0 amide bonds. The molecule has 1 aliphatic heterocycles. The number of fused-ring (bicyclic) bond motifs is 1. The molecule has 0 atom stereocenters. The van der Waals surface area contributed by atoms with E-state index >= 15 is 0 Å². The quantitative estimate of drug-likeness (QED) is 0.865. The zero-order chi connectivity index (χ0) is 13.2. The molecule has 2 N–H and O–H groups in total. The van der Waals surface area contributed by atoms with Crippen LogP contribution in [0.2, 0.25) is 0 Å². The van der Waals surface area contributed by atoms with Crippen LogP contribution in [0, 0.1) is 6.92 Å². The van der Waals surface area contributed by atoms with E-state index in [1.165, 1.54) is 22.2 Å². The van der Waals surface area contributed by atoms with E-state index in [-0.39, 0.29) is 0 Å². The number of aromatic amines is 1. The van der Waals surface area contributed by atoms with Crippen LogP contribution in [0.5, 0.6) is 0 Å². The summed E-state index contributed by atoms with van der Waals surface area (Å²) in [6, 6.07) is 8.72. The summed E-state index contributed by atoms with van der Waals surface area (Å²) in [5.41, 5.74) is 3.69. The first-order valence-corrected chi connectivity index (χ1v) is 6.80. The Bertz CT molecular complexity index is 612. The molecule has 0 fully saturated rings. The van der Waals surface area contributed by atoms with Crippen molar-refractivity contribution in [2.45, 2.75) is 19.9 Å². The molecule has 19 heavy (non-hydrogen) atoms. The van der Waals surface area contributed by atoms with Crippen molar-refractivity contribution in [2.24, 2.45) is 4.99 Å². The Morgan fingerprint density at radius 2 is 2.26 bits per heavy atom. The fraction of sp³-hybridized carbons (Fsp3) is 0.400. The van der Waals surface area contributed by atoms with Gasteiger partial charge in [-0.15, -0.1) is 0 Å². The van der Waals surface area contributed by atoms with Crippen LogP contribution in [0.1, 0.15) is 17.7 Å². The number of rotatable bonds is 2. The lowest BCUT2D eigenvalue weighted by Crippen LogP contribution is -2.41. The van der Waals surface area contributed by atoms with E-state index in [4.69, 9.17) is 0 Å². The predicted octanol–water partition coefficient (Wildman–Crippen LogP) is 2.26. The first kappa shape index (κ1) is 12.1. The molecule has 0 aliphatic carbocycles. The normalized spacial score (nSPS) is 15.7. The Morgan fingerprint density at radius 3 is 3.11 bits per heavy atom. The van der Waals surface area contributed by atoms with E-state index in [1.807, 2.05) is 0 Å². The molecule has 2 heterocycles. The third-order valence-electron chi connectivity index (χ3n) is 3.55. The predicted molar refractivity (Wildman–Crippen MR) is 79.4 cm³/mol. The summed E-state index contributed by atoms with van der Waals surface area (Å²) in [7, 11) is 2.09. The topological polar surface area (TPSA) is 43.4 Å². The Hall–Kier alpha value is -1.97.